The van der Waals surface area contributed by atoms with Gasteiger partial charge in [0, 0.05) is 23.2 Å². The summed E-state index contributed by atoms with van der Waals surface area (Å²) in [6.45, 7) is 0.243. The van der Waals surface area contributed by atoms with Crippen LogP contribution in [0.5, 0.6) is 11.5 Å². The molecule has 3 aromatic carbocycles. The quantitative estimate of drug-likeness (QED) is 0.637. The summed E-state index contributed by atoms with van der Waals surface area (Å²) in [5.41, 5.74) is 2.02. The number of hydrogen-bond donors (Lipinski definition) is 1. The molecule has 0 fully saturated rings. The molecule has 0 saturated carbocycles. The Morgan fingerprint density at radius 1 is 0.821 bits per heavy atom. The van der Waals surface area contributed by atoms with Gasteiger partial charge in [-0.2, -0.15) is 0 Å². The summed E-state index contributed by atoms with van der Waals surface area (Å²) in [5.74, 6) is 0.800. The molecule has 0 spiro atoms. The van der Waals surface area contributed by atoms with E-state index in [1.165, 1.54) is 0 Å². The second-order valence-electron chi connectivity index (χ2n) is 6.10. The zero-order valence-corrected chi connectivity index (χ0v) is 15.8. The van der Waals surface area contributed by atoms with Crippen LogP contribution >= 0.6 is 0 Å². The van der Waals surface area contributed by atoms with Crippen molar-refractivity contribution in [3.8, 4) is 11.5 Å². The predicted octanol–water partition coefficient (Wildman–Crippen LogP) is 3.86. The summed E-state index contributed by atoms with van der Waals surface area (Å²) in [5, 5.41) is 2.86. The molecule has 0 bridgehead atoms. The van der Waals surface area contributed by atoms with Crippen molar-refractivity contribution in [1.29, 1.82) is 0 Å². The highest BCUT2D eigenvalue weighted by atomic mass is 16.5. The van der Waals surface area contributed by atoms with Crippen molar-refractivity contribution in [3.05, 3.63) is 95.1 Å². The molecule has 0 heterocycles. The van der Waals surface area contributed by atoms with E-state index >= 15 is 0 Å². The first kappa shape index (κ1) is 19.2. The molecular formula is C23H21NO4. The maximum absolute atomic E-state index is 12.8. The summed E-state index contributed by atoms with van der Waals surface area (Å²) in [7, 11) is 3.15. The van der Waals surface area contributed by atoms with Gasteiger partial charge in [-0.05, 0) is 24.3 Å². The number of carbonyl (C=O) groups excluding carboxylic acids is 2. The van der Waals surface area contributed by atoms with Gasteiger partial charge >= 0.3 is 0 Å². The molecule has 0 atom stereocenters. The van der Waals surface area contributed by atoms with Crippen molar-refractivity contribution in [2.24, 2.45) is 0 Å². The molecule has 0 unspecified atom stereocenters. The number of ketones is 1. The zero-order valence-electron chi connectivity index (χ0n) is 15.8. The van der Waals surface area contributed by atoms with E-state index in [-0.39, 0.29) is 18.2 Å². The summed E-state index contributed by atoms with van der Waals surface area (Å²) in [6, 6.07) is 21.1. The molecule has 5 nitrogen and oxygen atoms in total. The molecule has 3 aromatic rings. The third kappa shape index (κ3) is 4.20. The Morgan fingerprint density at radius 2 is 1.50 bits per heavy atom. The molecule has 3 rings (SSSR count). The normalized spacial score (nSPS) is 10.2. The van der Waals surface area contributed by atoms with Gasteiger partial charge in [-0.3, -0.25) is 9.59 Å². The number of nitrogens with one attached hydrogen (secondary N) is 1. The van der Waals surface area contributed by atoms with Gasteiger partial charge in [0.25, 0.3) is 5.91 Å². The smallest absolute Gasteiger partial charge is 0.252 e. The lowest BCUT2D eigenvalue weighted by atomic mass is 9.98. The first-order chi connectivity index (χ1) is 13.6. The molecule has 28 heavy (non-hydrogen) atoms. The van der Waals surface area contributed by atoms with Crippen LogP contribution in [0.15, 0.2) is 72.8 Å². The molecule has 142 valence electrons. The van der Waals surface area contributed by atoms with Gasteiger partial charge in [-0.15, -0.1) is 0 Å². The third-order valence-corrected chi connectivity index (χ3v) is 4.38. The average molecular weight is 375 g/mol. The van der Waals surface area contributed by atoms with Crippen molar-refractivity contribution >= 4 is 11.7 Å². The molecular weight excluding hydrogens is 354 g/mol. The van der Waals surface area contributed by atoms with Crippen LogP contribution in [0.3, 0.4) is 0 Å². The van der Waals surface area contributed by atoms with E-state index in [0.29, 0.717) is 28.2 Å². The third-order valence-electron chi connectivity index (χ3n) is 4.38. The van der Waals surface area contributed by atoms with Crippen LogP contribution in [0.4, 0.5) is 0 Å². The Balaban J connectivity index is 1.82. The Bertz CT molecular complexity index is 983. The molecule has 0 aromatic heterocycles. The van der Waals surface area contributed by atoms with Crippen molar-refractivity contribution in [1.82, 2.24) is 5.32 Å². The van der Waals surface area contributed by atoms with Gasteiger partial charge < -0.3 is 14.8 Å². The fourth-order valence-corrected chi connectivity index (χ4v) is 2.91. The van der Waals surface area contributed by atoms with Gasteiger partial charge in [0.2, 0.25) is 0 Å². The minimum absolute atomic E-state index is 0.190. The SMILES string of the molecule is COc1ccc(OC)c(CNC(=O)c2ccccc2C(=O)c2ccccc2)c1. The van der Waals surface area contributed by atoms with Crippen LogP contribution in [-0.4, -0.2) is 25.9 Å². The number of rotatable bonds is 7. The fourth-order valence-electron chi connectivity index (χ4n) is 2.91. The molecule has 1 amide bonds. The second-order valence-corrected chi connectivity index (χ2v) is 6.10. The summed E-state index contributed by atoms with van der Waals surface area (Å²) in [6.07, 6.45) is 0. The molecule has 0 aliphatic carbocycles. The van der Waals surface area contributed by atoms with Crippen LogP contribution in [0.1, 0.15) is 31.8 Å². The number of carbonyl (C=O) groups is 2. The van der Waals surface area contributed by atoms with Gasteiger partial charge in [0.05, 0.1) is 19.8 Å². The zero-order chi connectivity index (χ0) is 19.9. The van der Waals surface area contributed by atoms with Crippen LogP contribution < -0.4 is 14.8 Å². The average Bonchev–Trinajstić information content (AvgIpc) is 2.77. The molecule has 0 saturated heterocycles. The van der Waals surface area contributed by atoms with E-state index in [1.807, 2.05) is 6.07 Å². The van der Waals surface area contributed by atoms with Gasteiger partial charge in [0.15, 0.2) is 5.78 Å². The Morgan fingerprint density at radius 3 is 2.18 bits per heavy atom. The number of amides is 1. The fraction of sp³-hybridized carbons (Fsp3) is 0.130. The molecule has 0 radical (unpaired) electrons. The maximum atomic E-state index is 12.8. The van der Waals surface area contributed by atoms with E-state index in [9.17, 15) is 9.59 Å². The van der Waals surface area contributed by atoms with Gasteiger partial charge in [-0.1, -0.05) is 48.5 Å². The van der Waals surface area contributed by atoms with E-state index < -0.39 is 0 Å². The number of methoxy groups -OCH3 is 2. The largest absolute Gasteiger partial charge is 0.497 e. The van der Waals surface area contributed by atoms with E-state index in [4.69, 9.17) is 9.47 Å². The standard InChI is InChI=1S/C23H21NO4/c1-27-18-12-13-21(28-2)17(14-18)15-24-23(26)20-11-7-6-10-19(20)22(25)16-8-4-3-5-9-16/h3-14H,15H2,1-2H3,(H,24,26). The molecule has 5 heteroatoms. The highest BCUT2D eigenvalue weighted by molar-refractivity contribution is 6.15. The molecule has 0 aliphatic heterocycles. The van der Waals surface area contributed by atoms with Crippen molar-refractivity contribution in [2.75, 3.05) is 14.2 Å². The lowest BCUT2D eigenvalue weighted by Crippen LogP contribution is -2.25. The Labute approximate surface area is 163 Å². The first-order valence-electron chi connectivity index (χ1n) is 8.82. The van der Waals surface area contributed by atoms with E-state index in [2.05, 4.69) is 5.32 Å². The van der Waals surface area contributed by atoms with Gasteiger partial charge in [0.1, 0.15) is 11.5 Å². The summed E-state index contributed by atoms with van der Waals surface area (Å²) >= 11 is 0. The van der Waals surface area contributed by atoms with Crippen LogP contribution in [0, 0.1) is 0 Å². The predicted molar refractivity (Wildman–Crippen MR) is 107 cm³/mol. The minimum Gasteiger partial charge on any atom is -0.497 e. The summed E-state index contributed by atoms with van der Waals surface area (Å²) < 4.78 is 10.6. The topological polar surface area (TPSA) is 64.6 Å². The number of benzene rings is 3. The Hall–Kier alpha value is -3.60. The molecule has 1 N–H and O–H groups in total. The van der Waals surface area contributed by atoms with Crippen LogP contribution in [0.25, 0.3) is 0 Å². The van der Waals surface area contributed by atoms with Gasteiger partial charge in [-0.25, -0.2) is 0 Å². The van der Waals surface area contributed by atoms with Crippen molar-refractivity contribution in [2.45, 2.75) is 6.54 Å². The van der Waals surface area contributed by atoms with Crippen LogP contribution in [-0.2, 0) is 6.54 Å². The van der Waals surface area contributed by atoms with E-state index in [0.717, 1.165) is 5.56 Å². The highest BCUT2D eigenvalue weighted by Crippen LogP contribution is 2.24. The maximum Gasteiger partial charge on any atom is 0.252 e. The van der Waals surface area contributed by atoms with Crippen LogP contribution in [0.2, 0.25) is 0 Å². The van der Waals surface area contributed by atoms with Crippen molar-refractivity contribution < 1.29 is 19.1 Å². The molecule has 0 aliphatic rings. The number of ether oxygens (including phenoxy) is 2. The first-order valence-corrected chi connectivity index (χ1v) is 8.82. The van der Waals surface area contributed by atoms with Crippen molar-refractivity contribution in [3.63, 3.8) is 0 Å². The minimum atomic E-state index is -0.329. The highest BCUT2D eigenvalue weighted by Gasteiger charge is 2.18. The Kier molecular flexibility index (Phi) is 6.07. The lowest BCUT2D eigenvalue weighted by molar-refractivity contribution is 0.0939. The lowest BCUT2D eigenvalue weighted by Gasteiger charge is -2.13. The van der Waals surface area contributed by atoms with E-state index in [1.54, 1.807) is 80.9 Å². The monoisotopic (exact) mass is 375 g/mol. The number of hydrogen-bond acceptors (Lipinski definition) is 4. The second kappa shape index (κ2) is 8.86. The summed E-state index contributed by atoms with van der Waals surface area (Å²) in [4.78, 5) is 25.6.